The SMILES string of the molecule is OCC1(CNCc2ccc3c(c2)OCO3)CC1. The number of aliphatic hydroxyl groups is 1. The van der Waals surface area contributed by atoms with Gasteiger partial charge in [-0.25, -0.2) is 0 Å². The van der Waals surface area contributed by atoms with Crippen LogP contribution >= 0.6 is 0 Å². The molecule has 1 aromatic carbocycles. The van der Waals surface area contributed by atoms with Gasteiger partial charge in [0.25, 0.3) is 0 Å². The summed E-state index contributed by atoms with van der Waals surface area (Å²) in [6.45, 7) is 2.30. The average Bonchev–Trinajstić information content (AvgIpc) is 2.98. The lowest BCUT2D eigenvalue weighted by Gasteiger charge is -2.12. The van der Waals surface area contributed by atoms with Crippen molar-refractivity contribution in [3.8, 4) is 11.5 Å². The molecule has 0 aromatic heterocycles. The van der Waals surface area contributed by atoms with Crippen molar-refractivity contribution in [1.29, 1.82) is 0 Å². The lowest BCUT2D eigenvalue weighted by molar-refractivity contribution is 0.174. The van der Waals surface area contributed by atoms with Crippen LogP contribution in [0.15, 0.2) is 18.2 Å². The van der Waals surface area contributed by atoms with Crippen LogP contribution in [0, 0.1) is 5.41 Å². The smallest absolute Gasteiger partial charge is 0.231 e. The lowest BCUT2D eigenvalue weighted by Crippen LogP contribution is -2.26. The molecule has 1 aliphatic carbocycles. The molecule has 2 aliphatic rings. The van der Waals surface area contributed by atoms with E-state index < -0.39 is 0 Å². The third kappa shape index (κ3) is 2.23. The summed E-state index contributed by atoms with van der Waals surface area (Å²) in [6.07, 6.45) is 2.27. The van der Waals surface area contributed by atoms with Gasteiger partial charge >= 0.3 is 0 Å². The molecule has 1 aliphatic heterocycles. The molecule has 2 N–H and O–H groups in total. The van der Waals surface area contributed by atoms with Gasteiger partial charge in [0.05, 0.1) is 0 Å². The van der Waals surface area contributed by atoms with Gasteiger partial charge in [-0.2, -0.15) is 0 Å². The van der Waals surface area contributed by atoms with Crippen LogP contribution in [0.25, 0.3) is 0 Å². The Morgan fingerprint density at radius 3 is 2.82 bits per heavy atom. The fourth-order valence-electron chi connectivity index (χ4n) is 2.09. The highest BCUT2D eigenvalue weighted by atomic mass is 16.7. The predicted molar refractivity (Wildman–Crippen MR) is 63.0 cm³/mol. The monoisotopic (exact) mass is 235 g/mol. The van der Waals surface area contributed by atoms with Crippen LogP contribution in [0.4, 0.5) is 0 Å². The van der Waals surface area contributed by atoms with E-state index in [-0.39, 0.29) is 5.41 Å². The third-order valence-corrected chi connectivity index (χ3v) is 3.56. The average molecular weight is 235 g/mol. The number of aliphatic hydroxyl groups excluding tert-OH is 1. The maximum atomic E-state index is 9.20. The van der Waals surface area contributed by atoms with Crippen molar-refractivity contribution in [2.45, 2.75) is 19.4 Å². The summed E-state index contributed by atoms with van der Waals surface area (Å²) < 4.78 is 10.6. The fourth-order valence-corrected chi connectivity index (χ4v) is 2.09. The van der Waals surface area contributed by atoms with Crippen molar-refractivity contribution in [2.24, 2.45) is 5.41 Å². The Balaban J connectivity index is 1.55. The molecule has 0 spiro atoms. The van der Waals surface area contributed by atoms with Gasteiger partial charge in [0.15, 0.2) is 11.5 Å². The molecule has 92 valence electrons. The van der Waals surface area contributed by atoms with E-state index in [2.05, 4.69) is 5.32 Å². The van der Waals surface area contributed by atoms with E-state index in [1.54, 1.807) is 0 Å². The standard InChI is InChI=1S/C13H17NO3/c15-8-13(3-4-13)7-14-6-10-1-2-11-12(5-10)17-9-16-11/h1-2,5,14-15H,3-4,6-9H2. The van der Waals surface area contributed by atoms with E-state index in [0.717, 1.165) is 37.4 Å². The second-order valence-electron chi connectivity index (χ2n) is 4.95. The van der Waals surface area contributed by atoms with Gasteiger partial charge in [-0.05, 0) is 30.5 Å². The molecule has 17 heavy (non-hydrogen) atoms. The highest BCUT2D eigenvalue weighted by Gasteiger charge is 2.41. The van der Waals surface area contributed by atoms with E-state index in [4.69, 9.17) is 9.47 Å². The van der Waals surface area contributed by atoms with Gasteiger partial charge in [-0.1, -0.05) is 6.07 Å². The van der Waals surface area contributed by atoms with Gasteiger partial charge in [0, 0.05) is 25.1 Å². The number of hydrogen-bond donors (Lipinski definition) is 2. The maximum absolute atomic E-state index is 9.20. The van der Waals surface area contributed by atoms with E-state index in [0.29, 0.717) is 13.4 Å². The fraction of sp³-hybridized carbons (Fsp3) is 0.538. The minimum absolute atomic E-state index is 0.163. The van der Waals surface area contributed by atoms with Crippen LogP contribution in [0.1, 0.15) is 18.4 Å². The Bertz CT molecular complexity index is 415. The topological polar surface area (TPSA) is 50.7 Å². The highest BCUT2D eigenvalue weighted by molar-refractivity contribution is 5.44. The first-order valence-corrected chi connectivity index (χ1v) is 6.01. The van der Waals surface area contributed by atoms with Gasteiger partial charge in [-0.3, -0.25) is 0 Å². The lowest BCUT2D eigenvalue weighted by atomic mass is 10.1. The third-order valence-electron chi connectivity index (χ3n) is 3.56. The minimum Gasteiger partial charge on any atom is -0.454 e. The Morgan fingerprint density at radius 2 is 2.06 bits per heavy atom. The van der Waals surface area contributed by atoms with Crippen LogP contribution in [-0.4, -0.2) is 25.1 Å². The summed E-state index contributed by atoms with van der Waals surface area (Å²) in [5.74, 6) is 1.65. The zero-order valence-electron chi connectivity index (χ0n) is 9.74. The molecule has 0 amide bonds. The molecular weight excluding hydrogens is 218 g/mol. The molecule has 0 saturated heterocycles. The molecule has 4 nitrogen and oxygen atoms in total. The normalized spacial score (nSPS) is 19.4. The molecule has 0 bridgehead atoms. The van der Waals surface area contributed by atoms with Crippen LogP contribution < -0.4 is 14.8 Å². The summed E-state index contributed by atoms with van der Waals surface area (Å²) in [6, 6.07) is 5.99. The maximum Gasteiger partial charge on any atom is 0.231 e. The first-order chi connectivity index (χ1) is 8.31. The highest BCUT2D eigenvalue weighted by Crippen LogP contribution is 2.44. The number of nitrogens with one attached hydrogen (secondary N) is 1. The Kier molecular flexibility index (Phi) is 2.68. The number of ether oxygens (including phenoxy) is 2. The summed E-state index contributed by atoms with van der Waals surface area (Å²) >= 11 is 0. The first kappa shape index (κ1) is 10.9. The Morgan fingerprint density at radius 1 is 1.24 bits per heavy atom. The first-order valence-electron chi connectivity index (χ1n) is 6.01. The second kappa shape index (κ2) is 4.20. The molecule has 0 unspecified atom stereocenters. The van der Waals surface area contributed by atoms with E-state index in [9.17, 15) is 5.11 Å². The van der Waals surface area contributed by atoms with Crippen molar-refractivity contribution in [3.05, 3.63) is 23.8 Å². The zero-order valence-corrected chi connectivity index (χ0v) is 9.74. The Hall–Kier alpha value is -1.26. The summed E-state index contributed by atoms with van der Waals surface area (Å²) in [4.78, 5) is 0. The Labute approximate surface area is 101 Å². The minimum atomic E-state index is 0.163. The van der Waals surface area contributed by atoms with E-state index in [1.165, 1.54) is 5.56 Å². The summed E-state index contributed by atoms with van der Waals surface area (Å²) in [5.41, 5.74) is 1.35. The molecule has 3 rings (SSSR count). The molecule has 1 fully saturated rings. The number of hydrogen-bond acceptors (Lipinski definition) is 4. The van der Waals surface area contributed by atoms with Crippen molar-refractivity contribution in [3.63, 3.8) is 0 Å². The molecule has 0 radical (unpaired) electrons. The molecule has 4 heteroatoms. The molecular formula is C13H17NO3. The van der Waals surface area contributed by atoms with E-state index in [1.807, 2.05) is 18.2 Å². The van der Waals surface area contributed by atoms with Gasteiger partial charge in [0.2, 0.25) is 6.79 Å². The van der Waals surface area contributed by atoms with Crippen molar-refractivity contribution in [2.75, 3.05) is 19.9 Å². The van der Waals surface area contributed by atoms with Crippen molar-refractivity contribution < 1.29 is 14.6 Å². The van der Waals surface area contributed by atoms with Crippen molar-refractivity contribution in [1.82, 2.24) is 5.32 Å². The van der Waals surface area contributed by atoms with Crippen LogP contribution in [0.3, 0.4) is 0 Å². The quantitative estimate of drug-likeness (QED) is 0.807. The van der Waals surface area contributed by atoms with Crippen LogP contribution in [0.2, 0.25) is 0 Å². The largest absolute Gasteiger partial charge is 0.454 e. The molecule has 1 saturated carbocycles. The predicted octanol–water partition coefficient (Wildman–Crippen LogP) is 1.28. The van der Waals surface area contributed by atoms with E-state index >= 15 is 0 Å². The number of rotatable bonds is 5. The molecule has 1 aromatic rings. The second-order valence-corrected chi connectivity index (χ2v) is 4.95. The summed E-state index contributed by atoms with van der Waals surface area (Å²) in [7, 11) is 0. The molecule has 1 heterocycles. The van der Waals surface area contributed by atoms with Gasteiger partial charge < -0.3 is 19.9 Å². The van der Waals surface area contributed by atoms with Gasteiger partial charge in [0.1, 0.15) is 0 Å². The van der Waals surface area contributed by atoms with Crippen LogP contribution in [0.5, 0.6) is 11.5 Å². The van der Waals surface area contributed by atoms with Crippen molar-refractivity contribution >= 4 is 0 Å². The number of benzene rings is 1. The van der Waals surface area contributed by atoms with Crippen LogP contribution in [-0.2, 0) is 6.54 Å². The zero-order chi connectivity index (χ0) is 11.7. The summed E-state index contributed by atoms with van der Waals surface area (Å²) in [5, 5.41) is 12.6. The van der Waals surface area contributed by atoms with Gasteiger partial charge in [-0.15, -0.1) is 0 Å². The number of fused-ring (bicyclic) bond motifs is 1. The molecule has 0 atom stereocenters.